The van der Waals surface area contributed by atoms with E-state index in [9.17, 15) is 14.0 Å². The molecule has 0 radical (unpaired) electrons. The molecule has 3 heterocycles. The van der Waals surface area contributed by atoms with Crippen LogP contribution in [0.3, 0.4) is 0 Å². The molecule has 27 heavy (non-hydrogen) atoms. The Labute approximate surface area is 157 Å². The van der Waals surface area contributed by atoms with Crippen LogP contribution >= 0.6 is 0 Å². The Morgan fingerprint density at radius 1 is 1.15 bits per heavy atom. The first-order chi connectivity index (χ1) is 13.1. The smallest absolute Gasteiger partial charge is 0.275 e. The number of pyridine rings is 1. The van der Waals surface area contributed by atoms with Gasteiger partial charge in [0.2, 0.25) is 5.91 Å². The van der Waals surface area contributed by atoms with Crippen LogP contribution in [-0.2, 0) is 11.3 Å². The number of fused-ring (bicyclic) bond motifs is 1. The number of likely N-dealkylation sites (tertiary alicyclic amines) is 2. The third-order valence-corrected chi connectivity index (χ3v) is 5.54. The number of nitrogens with zero attached hydrogens (tertiary/aromatic N) is 3. The van der Waals surface area contributed by atoms with Crippen molar-refractivity contribution in [1.82, 2.24) is 14.8 Å². The van der Waals surface area contributed by atoms with Crippen molar-refractivity contribution in [1.29, 1.82) is 0 Å². The standard InChI is InChI=1S/C21H22FN3O2/c22-17-9-5-11-23-20(17)21(27)24-13-16-8-4-10-19(26)25(18(16)14-24)12-15-6-2-1-3-7-15/h1-3,5-7,9,11,16,18H,4,8,10,12-14H2/t16-,18+/m1/s1. The van der Waals surface area contributed by atoms with Crippen LogP contribution in [0.15, 0.2) is 48.7 Å². The van der Waals surface area contributed by atoms with Crippen molar-refractivity contribution < 1.29 is 14.0 Å². The molecule has 4 rings (SSSR count). The van der Waals surface area contributed by atoms with Gasteiger partial charge in [0.15, 0.2) is 11.5 Å². The Morgan fingerprint density at radius 2 is 1.96 bits per heavy atom. The van der Waals surface area contributed by atoms with E-state index in [0.29, 0.717) is 26.1 Å². The van der Waals surface area contributed by atoms with Crippen molar-refractivity contribution in [3.63, 3.8) is 0 Å². The van der Waals surface area contributed by atoms with Crippen molar-refractivity contribution in [2.45, 2.75) is 31.8 Å². The highest BCUT2D eigenvalue weighted by Gasteiger charge is 2.42. The molecule has 0 saturated carbocycles. The summed E-state index contributed by atoms with van der Waals surface area (Å²) >= 11 is 0. The lowest BCUT2D eigenvalue weighted by atomic mass is 9.98. The minimum atomic E-state index is -0.605. The molecule has 2 amide bonds. The number of hydrogen-bond donors (Lipinski definition) is 0. The zero-order valence-electron chi connectivity index (χ0n) is 15.1. The topological polar surface area (TPSA) is 53.5 Å². The minimum Gasteiger partial charge on any atom is -0.335 e. The predicted molar refractivity (Wildman–Crippen MR) is 98.2 cm³/mol. The summed E-state index contributed by atoms with van der Waals surface area (Å²) in [4.78, 5) is 33.0. The number of aromatic nitrogens is 1. The van der Waals surface area contributed by atoms with E-state index in [2.05, 4.69) is 4.98 Å². The van der Waals surface area contributed by atoms with E-state index in [1.807, 2.05) is 35.2 Å². The average Bonchev–Trinajstić information content (AvgIpc) is 3.04. The Hall–Kier alpha value is -2.76. The predicted octanol–water partition coefficient (Wildman–Crippen LogP) is 2.87. The fourth-order valence-corrected chi connectivity index (χ4v) is 4.18. The Morgan fingerprint density at radius 3 is 2.74 bits per heavy atom. The van der Waals surface area contributed by atoms with Gasteiger partial charge in [-0.3, -0.25) is 9.59 Å². The molecule has 2 aliphatic rings. The van der Waals surface area contributed by atoms with Crippen molar-refractivity contribution >= 4 is 11.8 Å². The summed E-state index contributed by atoms with van der Waals surface area (Å²) in [7, 11) is 0. The highest BCUT2D eigenvalue weighted by molar-refractivity contribution is 5.93. The van der Waals surface area contributed by atoms with Crippen molar-refractivity contribution in [2.24, 2.45) is 5.92 Å². The van der Waals surface area contributed by atoms with Gasteiger partial charge in [-0.15, -0.1) is 0 Å². The zero-order valence-corrected chi connectivity index (χ0v) is 15.1. The van der Waals surface area contributed by atoms with Crippen LogP contribution in [0.1, 0.15) is 35.3 Å². The van der Waals surface area contributed by atoms with Crippen LogP contribution in [0.2, 0.25) is 0 Å². The average molecular weight is 367 g/mol. The molecule has 2 fully saturated rings. The van der Waals surface area contributed by atoms with E-state index in [-0.39, 0.29) is 23.6 Å². The summed E-state index contributed by atoms with van der Waals surface area (Å²) < 4.78 is 14.0. The fourth-order valence-electron chi connectivity index (χ4n) is 4.18. The number of hydrogen-bond acceptors (Lipinski definition) is 3. The van der Waals surface area contributed by atoms with E-state index < -0.39 is 11.7 Å². The number of halogens is 1. The SMILES string of the molecule is O=C(c1ncccc1F)N1C[C@H]2CCCC(=O)N(Cc3ccccc3)[C@H]2C1. The van der Waals surface area contributed by atoms with Gasteiger partial charge in [0.05, 0.1) is 6.04 Å². The maximum atomic E-state index is 14.0. The maximum absolute atomic E-state index is 14.0. The molecule has 1 aromatic heterocycles. The zero-order chi connectivity index (χ0) is 18.8. The number of carbonyl (C=O) groups excluding carboxylic acids is 2. The highest BCUT2D eigenvalue weighted by atomic mass is 19.1. The molecule has 0 aliphatic carbocycles. The summed E-state index contributed by atoms with van der Waals surface area (Å²) in [5.74, 6) is -0.652. The van der Waals surface area contributed by atoms with Crippen molar-refractivity contribution in [2.75, 3.05) is 13.1 Å². The third kappa shape index (κ3) is 3.56. The Bertz CT molecular complexity index is 842. The van der Waals surface area contributed by atoms with E-state index >= 15 is 0 Å². The van der Waals surface area contributed by atoms with Crippen LogP contribution in [0.5, 0.6) is 0 Å². The number of amides is 2. The lowest BCUT2D eigenvalue weighted by molar-refractivity contribution is -0.133. The lowest BCUT2D eigenvalue weighted by Gasteiger charge is -2.30. The van der Waals surface area contributed by atoms with Crippen LogP contribution in [0.4, 0.5) is 4.39 Å². The molecule has 5 nitrogen and oxygen atoms in total. The lowest BCUT2D eigenvalue weighted by Crippen LogP contribution is -2.43. The van der Waals surface area contributed by atoms with Crippen LogP contribution in [-0.4, -0.2) is 45.7 Å². The van der Waals surface area contributed by atoms with Gasteiger partial charge in [-0.25, -0.2) is 9.37 Å². The molecule has 0 bridgehead atoms. The molecule has 0 unspecified atom stereocenters. The Balaban J connectivity index is 1.56. The van der Waals surface area contributed by atoms with E-state index in [0.717, 1.165) is 18.4 Å². The molecule has 2 saturated heterocycles. The maximum Gasteiger partial charge on any atom is 0.275 e. The second kappa shape index (κ2) is 7.47. The van der Waals surface area contributed by atoms with E-state index in [4.69, 9.17) is 0 Å². The van der Waals surface area contributed by atoms with Gasteiger partial charge < -0.3 is 9.80 Å². The molecule has 2 atom stereocenters. The molecular weight excluding hydrogens is 345 g/mol. The van der Waals surface area contributed by atoms with Crippen molar-refractivity contribution in [3.8, 4) is 0 Å². The molecule has 140 valence electrons. The normalized spacial score (nSPS) is 22.5. The first-order valence-electron chi connectivity index (χ1n) is 9.36. The molecular formula is C21H22FN3O2. The quantitative estimate of drug-likeness (QED) is 0.838. The van der Waals surface area contributed by atoms with Gasteiger partial charge in [0.1, 0.15) is 0 Å². The van der Waals surface area contributed by atoms with E-state index in [1.54, 1.807) is 4.90 Å². The van der Waals surface area contributed by atoms with Gasteiger partial charge in [0, 0.05) is 32.3 Å². The van der Waals surface area contributed by atoms with Crippen LogP contribution < -0.4 is 0 Å². The fraction of sp³-hybridized carbons (Fsp3) is 0.381. The molecule has 2 aromatic rings. The third-order valence-electron chi connectivity index (χ3n) is 5.54. The first kappa shape index (κ1) is 17.6. The van der Waals surface area contributed by atoms with Crippen LogP contribution in [0.25, 0.3) is 0 Å². The monoisotopic (exact) mass is 367 g/mol. The Kier molecular flexibility index (Phi) is 4.88. The number of benzene rings is 1. The summed E-state index contributed by atoms with van der Waals surface area (Å²) in [6, 6.07) is 12.6. The second-order valence-electron chi connectivity index (χ2n) is 7.27. The van der Waals surface area contributed by atoms with Gasteiger partial charge in [-0.1, -0.05) is 30.3 Å². The highest BCUT2D eigenvalue weighted by Crippen LogP contribution is 2.32. The molecule has 6 heteroatoms. The molecule has 2 aliphatic heterocycles. The van der Waals surface area contributed by atoms with Crippen LogP contribution in [0, 0.1) is 11.7 Å². The molecule has 1 aromatic carbocycles. The van der Waals surface area contributed by atoms with E-state index in [1.165, 1.54) is 18.3 Å². The summed E-state index contributed by atoms with van der Waals surface area (Å²) in [6.45, 7) is 1.51. The number of rotatable bonds is 3. The van der Waals surface area contributed by atoms with Gasteiger partial charge in [-0.2, -0.15) is 0 Å². The number of carbonyl (C=O) groups is 2. The first-order valence-corrected chi connectivity index (χ1v) is 9.36. The van der Waals surface area contributed by atoms with Gasteiger partial charge in [-0.05, 0) is 36.5 Å². The minimum absolute atomic E-state index is 0.0315. The molecule has 0 spiro atoms. The summed E-state index contributed by atoms with van der Waals surface area (Å²) in [5.41, 5.74) is 0.932. The molecule has 0 N–H and O–H groups in total. The summed E-state index contributed by atoms with van der Waals surface area (Å²) in [5, 5.41) is 0. The van der Waals surface area contributed by atoms with Crippen molar-refractivity contribution in [3.05, 3.63) is 65.7 Å². The summed E-state index contributed by atoms with van der Waals surface area (Å²) in [6.07, 6.45) is 3.69. The second-order valence-corrected chi connectivity index (χ2v) is 7.27. The largest absolute Gasteiger partial charge is 0.335 e. The van der Waals surface area contributed by atoms with Gasteiger partial charge >= 0.3 is 0 Å². The van der Waals surface area contributed by atoms with Gasteiger partial charge in [0.25, 0.3) is 5.91 Å².